The maximum atomic E-state index is 12.3. The Morgan fingerprint density at radius 2 is 2.14 bits per heavy atom. The standard InChI is InChI=1S/C15H24N2O4/c1-4-15(5-2,14(18)19-6-3)13-16-12(17-21-13)10-11-8-7-9-20-11/h11H,4-10H2,1-3H3. The first-order valence-electron chi connectivity index (χ1n) is 7.78. The molecule has 2 heterocycles. The summed E-state index contributed by atoms with van der Waals surface area (Å²) in [7, 11) is 0. The van der Waals surface area contributed by atoms with Gasteiger partial charge >= 0.3 is 5.97 Å². The summed E-state index contributed by atoms with van der Waals surface area (Å²) in [5.41, 5.74) is -0.836. The molecule has 0 spiro atoms. The van der Waals surface area contributed by atoms with E-state index in [0.29, 0.717) is 37.6 Å². The van der Waals surface area contributed by atoms with Crippen molar-refractivity contribution in [2.24, 2.45) is 0 Å². The molecule has 0 aliphatic carbocycles. The van der Waals surface area contributed by atoms with Gasteiger partial charge in [0.25, 0.3) is 0 Å². The summed E-state index contributed by atoms with van der Waals surface area (Å²) in [5, 5.41) is 4.01. The number of ether oxygens (including phenoxy) is 2. The average Bonchev–Trinajstić information content (AvgIpc) is 3.14. The van der Waals surface area contributed by atoms with Crippen LogP contribution in [0.3, 0.4) is 0 Å². The molecular formula is C15H24N2O4. The van der Waals surface area contributed by atoms with E-state index in [2.05, 4.69) is 10.1 Å². The molecule has 0 amide bonds. The van der Waals surface area contributed by atoms with E-state index < -0.39 is 5.41 Å². The molecule has 1 aromatic heterocycles. The number of aromatic nitrogens is 2. The second kappa shape index (κ2) is 7.02. The Balaban J connectivity index is 2.16. The molecule has 0 N–H and O–H groups in total. The zero-order valence-electron chi connectivity index (χ0n) is 13.1. The van der Waals surface area contributed by atoms with Gasteiger partial charge in [0, 0.05) is 13.0 Å². The van der Waals surface area contributed by atoms with Gasteiger partial charge in [-0.15, -0.1) is 0 Å². The molecular weight excluding hydrogens is 272 g/mol. The van der Waals surface area contributed by atoms with Gasteiger partial charge in [0.1, 0.15) is 5.41 Å². The van der Waals surface area contributed by atoms with Crippen molar-refractivity contribution in [2.75, 3.05) is 13.2 Å². The van der Waals surface area contributed by atoms with E-state index in [1.54, 1.807) is 6.92 Å². The number of nitrogens with zero attached hydrogens (tertiary/aromatic N) is 2. The lowest BCUT2D eigenvalue weighted by Crippen LogP contribution is -2.37. The van der Waals surface area contributed by atoms with E-state index >= 15 is 0 Å². The molecule has 0 bridgehead atoms. The molecule has 1 aliphatic heterocycles. The third-order valence-corrected chi connectivity index (χ3v) is 4.18. The Kier molecular flexibility index (Phi) is 5.33. The lowest BCUT2D eigenvalue weighted by molar-refractivity contribution is -0.151. The maximum absolute atomic E-state index is 12.3. The van der Waals surface area contributed by atoms with Crippen LogP contribution in [0.25, 0.3) is 0 Å². The fraction of sp³-hybridized carbons (Fsp3) is 0.800. The minimum absolute atomic E-state index is 0.163. The molecule has 0 saturated carbocycles. The number of carbonyl (C=O) groups excluding carboxylic acids is 1. The first kappa shape index (κ1) is 15.9. The van der Waals surface area contributed by atoms with Crippen molar-refractivity contribution in [3.05, 3.63) is 11.7 Å². The molecule has 21 heavy (non-hydrogen) atoms. The summed E-state index contributed by atoms with van der Waals surface area (Å²) in [6.45, 7) is 6.81. The van der Waals surface area contributed by atoms with Crippen LogP contribution in [-0.2, 0) is 26.1 Å². The van der Waals surface area contributed by atoms with E-state index in [-0.39, 0.29) is 12.1 Å². The average molecular weight is 296 g/mol. The Hall–Kier alpha value is -1.43. The monoisotopic (exact) mass is 296 g/mol. The van der Waals surface area contributed by atoms with Crippen LogP contribution in [0, 0.1) is 0 Å². The van der Waals surface area contributed by atoms with Gasteiger partial charge in [0.15, 0.2) is 5.82 Å². The van der Waals surface area contributed by atoms with Crippen LogP contribution in [0.4, 0.5) is 0 Å². The van der Waals surface area contributed by atoms with E-state index in [9.17, 15) is 4.79 Å². The SMILES string of the molecule is CCOC(=O)C(CC)(CC)c1nc(CC2CCCO2)no1. The highest BCUT2D eigenvalue weighted by Crippen LogP contribution is 2.32. The summed E-state index contributed by atoms with van der Waals surface area (Å²) < 4.78 is 16.1. The summed E-state index contributed by atoms with van der Waals surface area (Å²) in [6.07, 6.45) is 4.04. The fourth-order valence-electron chi connectivity index (χ4n) is 2.74. The topological polar surface area (TPSA) is 74.5 Å². The van der Waals surface area contributed by atoms with Gasteiger partial charge in [0.05, 0.1) is 12.7 Å². The van der Waals surface area contributed by atoms with Crippen LogP contribution in [0.15, 0.2) is 4.52 Å². The highest BCUT2D eigenvalue weighted by Gasteiger charge is 2.44. The van der Waals surface area contributed by atoms with Gasteiger partial charge in [-0.05, 0) is 32.6 Å². The first-order valence-corrected chi connectivity index (χ1v) is 7.78. The lowest BCUT2D eigenvalue weighted by atomic mass is 9.82. The molecule has 1 aromatic rings. The van der Waals surface area contributed by atoms with Crippen LogP contribution < -0.4 is 0 Å². The summed E-state index contributed by atoms with van der Waals surface area (Å²) in [4.78, 5) is 16.7. The largest absolute Gasteiger partial charge is 0.465 e. The van der Waals surface area contributed by atoms with Crippen LogP contribution in [0.5, 0.6) is 0 Å². The lowest BCUT2D eigenvalue weighted by Gasteiger charge is -2.24. The van der Waals surface area contributed by atoms with Crippen molar-refractivity contribution in [3.63, 3.8) is 0 Å². The molecule has 6 heteroatoms. The number of hydrogen-bond acceptors (Lipinski definition) is 6. The van der Waals surface area contributed by atoms with Crippen molar-refractivity contribution in [3.8, 4) is 0 Å². The van der Waals surface area contributed by atoms with Crippen molar-refractivity contribution in [1.29, 1.82) is 0 Å². The maximum Gasteiger partial charge on any atom is 0.321 e. The quantitative estimate of drug-likeness (QED) is 0.719. The zero-order valence-corrected chi connectivity index (χ0v) is 13.1. The van der Waals surface area contributed by atoms with Gasteiger partial charge in [-0.2, -0.15) is 4.98 Å². The second-order valence-corrected chi connectivity index (χ2v) is 5.36. The predicted molar refractivity (Wildman–Crippen MR) is 75.9 cm³/mol. The third kappa shape index (κ3) is 3.26. The number of hydrogen-bond donors (Lipinski definition) is 0. The van der Waals surface area contributed by atoms with Gasteiger partial charge in [0.2, 0.25) is 5.89 Å². The van der Waals surface area contributed by atoms with E-state index in [0.717, 1.165) is 19.4 Å². The van der Waals surface area contributed by atoms with Gasteiger partial charge < -0.3 is 14.0 Å². The molecule has 1 saturated heterocycles. The number of carbonyl (C=O) groups is 1. The van der Waals surface area contributed by atoms with Crippen LogP contribution in [-0.4, -0.2) is 35.4 Å². The Morgan fingerprint density at radius 1 is 1.38 bits per heavy atom. The van der Waals surface area contributed by atoms with Crippen molar-refractivity contribution in [1.82, 2.24) is 10.1 Å². The number of esters is 1. The van der Waals surface area contributed by atoms with Crippen molar-refractivity contribution in [2.45, 2.75) is 64.4 Å². The summed E-state index contributed by atoms with van der Waals surface area (Å²) in [6, 6.07) is 0. The minimum Gasteiger partial charge on any atom is -0.465 e. The van der Waals surface area contributed by atoms with E-state index in [1.807, 2.05) is 13.8 Å². The summed E-state index contributed by atoms with van der Waals surface area (Å²) >= 11 is 0. The van der Waals surface area contributed by atoms with Gasteiger partial charge in [-0.25, -0.2) is 0 Å². The molecule has 0 aromatic carbocycles. The third-order valence-electron chi connectivity index (χ3n) is 4.18. The van der Waals surface area contributed by atoms with Crippen LogP contribution in [0.1, 0.15) is 58.2 Å². The van der Waals surface area contributed by atoms with Crippen molar-refractivity contribution < 1.29 is 18.8 Å². The van der Waals surface area contributed by atoms with Gasteiger partial charge in [-0.3, -0.25) is 4.79 Å². The second-order valence-electron chi connectivity index (χ2n) is 5.36. The molecule has 6 nitrogen and oxygen atoms in total. The zero-order chi connectivity index (χ0) is 15.3. The Labute approximate surface area is 125 Å². The van der Waals surface area contributed by atoms with Crippen molar-refractivity contribution >= 4 is 5.97 Å². The van der Waals surface area contributed by atoms with Gasteiger partial charge in [-0.1, -0.05) is 19.0 Å². The molecule has 1 unspecified atom stereocenters. The minimum atomic E-state index is -0.836. The fourth-order valence-corrected chi connectivity index (χ4v) is 2.74. The van der Waals surface area contributed by atoms with E-state index in [4.69, 9.17) is 14.0 Å². The smallest absolute Gasteiger partial charge is 0.321 e. The normalized spacial score (nSPS) is 18.9. The first-order chi connectivity index (χ1) is 10.2. The molecule has 118 valence electrons. The van der Waals surface area contributed by atoms with Crippen LogP contribution in [0.2, 0.25) is 0 Å². The van der Waals surface area contributed by atoms with Crippen LogP contribution >= 0.6 is 0 Å². The molecule has 1 aliphatic rings. The Morgan fingerprint density at radius 3 is 2.71 bits per heavy atom. The highest BCUT2D eigenvalue weighted by atomic mass is 16.5. The highest BCUT2D eigenvalue weighted by molar-refractivity contribution is 5.81. The summed E-state index contributed by atoms with van der Waals surface area (Å²) in [5.74, 6) is 0.675. The van der Waals surface area contributed by atoms with E-state index in [1.165, 1.54) is 0 Å². The molecule has 0 radical (unpaired) electrons. The molecule has 1 fully saturated rings. The molecule has 2 rings (SSSR count). The molecule has 1 atom stereocenters. The predicted octanol–water partition coefficient (Wildman–Crippen LogP) is 2.41. The number of rotatable bonds is 7. The Bertz CT molecular complexity index is 462.